The van der Waals surface area contributed by atoms with E-state index in [-0.39, 0.29) is 41.0 Å². The topological polar surface area (TPSA) is 111 Å². The van der Waals surface area contributed by atoms with E-state index >= 15 is 4.79 Å². The first-order chi connectivity index (χ1) is 23.2. The van der Waals surface area contributed by atoms with E-state index in [0.717, 1.165) is 0 Å². The maximum atomic E-state index is 15.0. The summed E-state index contributed by atoms with van der Waals surface area (Å²) >= 11 is 3.60. The van der Waals surface area contributed by atoms with Gasteiger partial charge in [0, 0.05) is 18.6 Å². The molecule has 1 N–H and O–H groups in total. The van der Waals surface area contributed by atoms with Crippen LogP contribution in [0.25, 0.3) is 0 Å². The van der Waals surface area contributed by atoms with Gasteiger partial charge in [-0.25, -0.2) is 0 Å². The van der Waals surface area contributed by atoms with Gasteiger partial charge in [-0.2, -0.15) is 0 Å². The third kappa shape index (κ3) is 8.33. The van der Waals surface area contributed by atoms with Crippen molar-refractivity contribution in [2.75, 3.05) is 34.9 Å². The van der Waals surface area contributed by atoms with Crippen molar-refractivity contribution in [3.63, 3.8) is 0 Å². The highest BCUT2D eigenvalue weighted by atomic mass is 79.9. The predicted octanol–water partition coefficient (Wildman–Crippen LogP) is 9.73. The fraction of sp³-hybridized carbons (Fsp3) is 0.649. The maximum Gasteiger partial charge on any atom is 0.250 e. The quantitative estimate of drug-likeness (QED) is 0.123. The van der Waals surface area contributed by atoms with Crippen molar-refractivity contribution in [1.29, 1.82) is 0 Å². The number of ether oxygens (including phenoxy) is 6. The van der Waals surface area contributed by atoms with E-state index in [1.54, 1.807) is 33.3 Å². The molecule has 0 fully saturated rings. The fourth-order valence-corrected chi connectivity index (χ4v) is 13.8. The third-order valence-corrected chi connectivity index (χ3v) is 21.6. The molecule has 1 heterocycles. The second-order valence-corrected chi connectivity index (χ2v) is 26.4. The molecule has 282 valence electrons. The highest BCUT2D eigenvalue weighted by molar-refractivity contribution is 9.10. The van der Waals surface area contributed by atoms with Gasteiger partial charge in [0.2, 0.25) is 26.6 Å². The number of carbonyl (C=O) groups excluding carboxylic acids is 1. The van der Waals surface area contributed by atoms with E-state index in [2.05, 4.69) is 91.3 Å². The van der Waals surface area contributed by atoms with Crippen molar-refractivity contribution < 1.29 is 47.2 Å². The smallest absolute Gasteiger partial charge is 0.250 e. The van der Waals surface area contributed by atoms with E-state index in [0.29, 0.717) is 50.1 Å². The molecule has 0 saturated heterocycles. The largest absolute Gasteiger partial charge is 0.541 e. The number of carbonyl (C=O) groups is 1. The molecule has 2 aromatic carbocycles. The summed E-state index contributed by atoms with van der Waals surface area (Å²) in [6, 6.07) is 5.33. The minimum absolute atomic E-state index is 0.0000367. The number of ketones is 1. The van der Waals surface area contributed by atoms with Crippen LogP contribution in [-0.4, -0.2) is 62.4 Å². The summed E-state index contributed by atoms with van der Waals surface area (Å²) < 4.78 is 48.6. The molecule has 3 rings (SSSR count). The highest BCUT2D eigenvalue weighted by Gasteiger charge is 2.49. The molecule has 1 aliphatic heterocycles. The molecule has 0 aliphatic carbocycles. The van der Waals surface area contributed by atoms with Gasteiger partial charge < -0.3 is 42.4 Å². The van der Waals surface area contributed by atoms with Crippen molar-refractivity contribution in [1.82, 2.24) is 0 Å². The molecule has 13 heteroatoms. The summed E-state index contributed by atoms with van der Waals surface area (Å²) in [6.45, 7) is 25.5. The summed E-state index contributed by atoms with van der Waals surface area (Å²) in [5.74, 6) is 1.28. The lowest BCUT2D eigenvalue weighted by molar-refractivity contribution is -0.134. The molecule has 10 nitrogen and oxygen atoms in total. The van der Waals surface area contributed by atoms with Gasteiger partial charge in [-0.3, -0.25) is 4.79 Å². The molecular formula is C37H59BrO10Si2. The number of fused-ring (bicyclic) bond motifs is 1. The lowest BCUT2D eigenvalue weighted by Crippen LogP contribution is -2.50. The van der Waals surface area contributed by atoms with Crippen LogP contribution in [0.15, 0.2) is 22.7 Å². The zero-order valence-electron chi connectivity index (χ0n) is 32.6. The monoisotopic (exact) mass is 798 g/mol. The SMILES string of the molecule is COCOc1c(Br)c([C@H](O)[C@H](C)C(=O)[C@H](O[Si](C(C)C)(C(C)C)C(C)C)c2cc(OC)c(OC)c(O[Si](C)(C)C(C)(C)C)c2)cc2c1OCO2. The summed E-state index contributed by atoms with van der Waals surface area (Å²) in [6.07, 6.45) is -2.31. The zero-order valence-corrected chi connectivity index (χ0v) is 36.2. The van der Waals surface area contributed by atoms with Crippen molar-refractivity contribution in [3.05, 3.63) is 33.8 Å². The summed E-state index contributed by atoms with van der Waals surface area (Å²) in [5, 5.41) is 11.9. The number of aliphatic hydroxyl groups is 1. The van der Waals surface area contributed by atoms with Crippen LogP contribution in [0.1, 0.15) is 92.6 Å². The average Bonchev–Trinajstić information content (AvgIpc) is 3.50. The van der Waals surface area contributed by atoms with Gasteiger partial charge in [0.1, 0.15) is 6.10 Å². The Morgan fingerprint density at radius 3 is 1.98 bits per heavy atom. The van der Waals surface area contributed by atoms with Gasteiger partial charge in [-0.1, -0.05) is 69.2 Å². The minimum Gasteiger partial charge on any atom is -0.541 e. The first-order valence-corrected chi connectivity index (χ1v) is 23.1. The van der Waals surface area contributed by atoms with Crippen molar-refractivity contribution >= 4 is 38.3 Å². The van der Waals surface area contributed by atoms with Gasteiger partial charge >= 0.3 is 0 Å². The number of methoxy groups -OCH3 is 3. The third-order valence-electron chi connectivity index (χ3n) is 10.4. The van der Waals surface area contributed by atoms with Gasteiger partial charge in [0.15, 0.2) is 35.6 Å². The second-order valence-electron chi connectivity index (χ2n) is 15.5. The Hall–Kier alpha value is -2.30. The minimum atomic E-state index is -2.67. The Balaban J connectivity index is 2.27. The Morgan fingerprint density at radius 1 is 0.900 bits per heavy atom. The van der Waals surface area contributed by atoms with Gasteiger partial charge in [-0.15, -0.1) is 0 Å². The van der Waals surface area contributed by atoms with Gasteiger partial charge in [0.05, 0.1) is 24.8 Å². The Morgan fingerprint density at radius 2 is 1.48 bits per heavy atom. The first kappa shape index (κ1) is 42.1. The number of hydrogen-bond acceptors (Lipinski definition) is 10. The van der Waals surface area contributed by atoms with Gasteiger partial charge in [0.25, 0.3) is 8.32 Å². The lowest BCUT2D eigenvalue weighted by atomic mass is 9.88. The number of hydrogen-bond donors (Lipinski definition) is 1. The van der Waals surface area contributed by atoms with Crippen molar-refractivity contribution in [2.24, 2.45) is 5.92 Å². The van der Waals surface area contributed by atoms with E-state index in [9.17, 15) is 5.11 Å². The van der Waals surface area contributed by atoms with E-state index in [1.807, 2.05) is 6.07 Å². The molecule has 0 aromatic heterocycles. The van der Waals surface area contributed by atoms with Crippen LogP contribution < -0.4 is 28.1 Å². The van der Waals surface area contributed by atoms with E-state index in [1.165, 1.54) is 7.11 Å². The normalized spacial score (nSPS) is 15.4. The van der Waals surface area contributed by atoms with E-state index < -0.39 is 34.8 Å². The van der Waals surface area contributed by atoms with Crippen LogP contribution in [0, 0.1) is 5.92 Å². The molecule has 0 bridgehead atoms. The van der Waals surface area contributed by atoms with Crippen LogP contribution in [0.5, 0.6) is 34.5 Å². The first-order valence-electron chi connectivity index (χ1n) is 17.3. The molecule has 2 aromatic rings. The standard InChI is InChI=1S/C37H59BrO10Si2/c1-21(2)50(22(3)4,23(5)6)48-33(25-16-27(42-12)34(43-13)29(17-25)47-49(14,15)37(8,9)10)32(40)24(7)31(39)26-18-28-35(46-20-44-28)36(30(26)38)45-19-41-11/h16-18,21-24,31,33,39H,19-20H2,1-15H3/t24-,31+,33+/m0/s1. The number of Topliss-reactive ketones (excluding diaryl/α,β-unsaturated/α-hetero) is 1. The summed E-state index contributed by atoms with van der Waals surface area (Å²) in [4.78, 5) is 15.0. The average molecular weight is 800 g/mol. The molecular weight excluding hydrogens is 740 g/mol. The Bertz CT molecular complexity index is 1470. The fourth-order valence-electron chi connectivity index (χ4n) is 6.64. The molecule has 0 amide bonds. The van der Waals surface area contributed by atoms with Crippen LogP contribution in [0.2, 0.25) is 34.8 Å². The molecule has 0 saturated carbocycles. The number of rotatable bonds is 17. The van der Waals surface area contributed by atoms with Gasteiger partial charge in [-0.05, 0) is 74.4 Å². The lowest BCUT2D eigenvalue weighted by Gasteiger charge is -2.45. The Labute approximate surface area is 309 Å². The molecule has 0 unspecified atom stereocenters. The van der Waals surface area contributed by atoms with Crippen molar-refractivity contribution in [3.8, 4) is 34.5 Å². The molecule has 1 aliphatic rings. The Kier molecular flexibility index (Phi) is 14.0. The van der Waals surface area contributed by atoms with Crippen LogP contribution in [0.4, 0.5) is 0 Å². The summed E-state index contributed by atoms with van der Waals surface area (Å²) in [5.41, 5.74) is 1.54. The maximum absolute atomic E-state index is 15.0. The van der Waals surface area contributed by atoms with E-state index in [4.69, 9.17) is 37.3 Å². The van der Waals surface area contributed by atoms with Crippen LogP contribution in [0.3, 0.4) is 0 Å². The highest BCUT2D eigenvalue weighted by Crippen LogP contribution is 2.52. The van der Waals surface area contributed by atoms with Crippen LogP contribution >= 0.6 is 15.9 Å². The summed E-state index contributed by atoms with van der Waals surface area (Å²) in [7, 11) is -0.387. The molecule has 0 spiro atoms. The molecule has 50 heavy (non-hydrogen) atoms. The number of halogens is 1. The predicted molar refractivity (Wildman–Crippen MR) is 204 cm³/mol. The molecule has 0 radical (unpaired) electrons. The number of benzene rings is 2. The van der Waals surface area contributed by atoms with Crippen LogP contribution in [-0.2, 0) is 14.0 Å². The second kappa shape index (κ2) is 16.6. The molecule has 3 atom stereocenters. The van der Waals surface area contributed by atoms with Crippen molar-refractivity contribution in [2.45, 2.75) is 116 Å². The number of aliphatic hydroxyl groups excluding tert-OH is 1. The zero-order chi connectivity index (χ0) is 37.9.